The smallest absolute Gasteiger partial charge is 0.257 e. The molecule has 6 heteroatoms. The van der Waals surface area contributed by atoms with E-state index in [1.807, 2.05) is 26.8 Å². The summed E-state index contributed by atoms with van der Waals surface area (Å²) < 4.78 is 0. The number of thiocarbonyl (C=S) groups is 1. The molecule has 2 rings (SSSR count). The lowest BCUT2D eigenvalue weighted by atomic mass is 10.1. The van der Waals surface area contributed by atoms with Crippen LogP contribution in [0.5, 0.6) is 0 Å². The molecule has 0 unspecified atom stereocenters. The highest BCUT2D eigenvalue weighted by Gasteiger charge is 2.15. The molecule has 0 aliphatic heterocycles. The van der Waals surface area contributed by atoms with E-state index in [1.54, 1.807) is 48.5 Å². The van der Waals surface area contributed by atoms with Gasteiger partial charge in [-0.15, -0.1) is 0 Å². The maximum Gasteiger partial charge on any atom is 0.257 e. The zero-order valence-electron chi connectivity index (χ0n) is 14.4. The van der Waals surface area contributed by atoms with Gasteiger partial charge in [-0.1, -0.05) is 24.3 Å². The Bertz CT molecular complexity index is 783. The molecular weight excluding hydrogens is 334 g/mol. The van der Waals surface area contributed by atoms with Crippen LogP contribution in [0.1, 0.15) is 41.5 Å². The zero-order valence-corrected chi connectivity index (χ0v) is 15.2. The summed E-state index contributed by atoms with van der Waals surface area (Å²) in [5, 5.41) is 8.60. The summed E-state index contributed by atoms with van der Waals surface area (Å²) in [6.45, 7) is 5.75. The van der Waals surface area contributed by atoms with Gasteiger partial charge in [-0.25, -0.2) is 0 Å². The quantitative estimate of drug-likeness (QED) is 0.739. The van der Waals surface area contributed by atoms with Gasteiger partial charge < -0.3 is 10.6 Å². The minimum absolute atomic E-state index is 0.169. The second-order valence-electron chi connectivity index (χ2n) is 6.56. The molecule has 0 atom stereocenters. The van der Waals surface area contributed by atoms with Crippen molar-refractivity contribution in [1.29, 1.82) is 0 Å². The van der Waals surface area contributed by atoms with Crippen molar-refractivity contribution in [3.05, 3.63) is 65.7 Å². The molecule has 0 radical (unpaired) electrons. The number of rotatable bonds is 3. The number of benzene rings is 2. The molecule has 0 fully saturated rings. The van der Waals surface area contributed by atoms with E-state index in [1.165, 1.54) is 0 Å². The monoisotopic (exact) mass is 355 g/mol. The predicted molar refractivity (Wildman–Crippen MR) is 104 cm³/mol. The van der Waals surface area contributed by atoms with Crippen molar-refractivity contribution in [1.82, 2.24) is 10.6 Å². The summed E-state index contributed by atoms with van der Waals surface area (Å²) >= 11 is 5.17. The van der Waals surface area contributed by atoms with Crippen molar-refractivity contribution in [3.8, 4) is 0 Å². The van der Waals surface area contributed by atoms with Gasteiger partial charge in [0.25, 0.3) is 11.8 Å². The molecule has 3 N–H and O–H groups in total. The molecular formula is C19H21N3O2S. The molecule has 0 saturated carbocycles. The molecule has 130 valence electrons. The normalized spacial score (nSPS) is 10.7. The molecule has 2 amide bonds. The molecule has 5 nitrogen and oxygen atoms in total. The molecule has 25 heavy (non-hydrogen) atoms. The van der Waals surface area contributed by atoms with Gasteiger partial charge in [-0.05, 0) is 63.3 Å². The molecule has 2 aromatic rings. The van der Waals surface area contributed by atoms with Gasteiger partial charge in [0.15, 0.2) is 5.11 Å². The number of carbonyl (C=O) groups is 2. The second-order valence-corrected chi connectivity index (χ2v) is 6.97. The number of hydrogen-bond acceptors (Lipinski definition) is 3. The summed E-state index contributed by atoms with van der Waals surface area (Å²) in [7, 11) is 0. The Morgan fingerprint density at radius 3 is 2.16 bits per heavy atom. The molecule has 2 aromatic carbocycles. The minimum atomic E-state index is -0.320. The van der Waals surface area contributed by atoms with Crippen molar-refractivity contribution in [3.63, 3.8) is 0 Å². The molecule has 0 aliphatic rings. The van der Waals surface area contributed by atoms with Gasteiger partial charge in [0.2, 0.25) is 0 Å². The topological polar surface area (TPSA) is 70.2 Å². The summed E-state index contributed by atoms with van der Waals surface area (Å²) in [6.07, 6.45) is 0. The second kappa shape index (κ2) is 7.90. The Hall–Kier alpha value is -2.73. The summed E-state index contributed by atoms with van der Waals surface area (Å²) in [5.41, 5.74) is 1.33. The minimum Gasteiger partial charge on any atom is -0.347 e. The van der Waals surface area contributed by atoms with Crippen LogP contribution >= 0.6 is 12.2 Å². The van der Waals surface area contributed by atoms with Crippen molar-refractivity contribution in [2.45, 2.75) is 26.3 Å². The number of amides is 2. The SMILES string of the molecule is CC(C)(C)NC(=O)c1cccc(NC(=S)NC(=O)c2ccccc2)c1. The Balaban J connectivity index is 2.00. The first kappa shape index (κ1) is 18.6. The van der Waals surface area contributed by atoms with Crippen molar-refractivity contribution in [2.24, 2.45) is 0 Å². The third kappa shape index (κ3) is 6.00. The zero-order chi connectivity index (χ0) is 18.4. The van der Waals surface area contributed by atoms with Crippen molar-refractivity contribution < 1.29 is 9.59 Å². The van der Waals surface area contributed by atoms with E-state index in [-0.39, 0.29) is 22.5 Å². The molecule has 0 aromatic heterocycles. The third-order valence-electron chi connectivity index (χ3n) is 3.13. The molecule has 0 spiro atoms. The van der Waals surface area contributed by atoms with Crippen LogP contribution in [0.15, 0.2) is 54.6 Å². The third-order valence-corrected chi connectivity index (χ3v) is 3.34. The van der Waals surface area contributed by atoms with E-state index in [2.05, 4.69) is 16.0 Å². The average molecular weight is 355 g/mol. The van der Waals surface area contributed by atoms with Crippen LogP contribution in [0, 0.1) is 0 Å². The first-order chi connectivity index (χ1) is 11.7. The fourth-order valence-electron chi connectivity index (χ4n) is 2.08. The van der Waals surface area contributed by atoms with Gasteiger partial charge in [0.05, 0.1) is 0 Å². The maximum atomic E-state index is 12.2. The van der Waals surface area contributed by atoms with Crippen molar-refractivity contribution in [2.75, 3.05) is 5.32 Å². The molecule has 0 bridgehead atoms. The first-order valence-electron chi connectivity index (χ1n) is 7.84. The van der Waals surface area contributed by atoms with Gasteiger partial charge in [-0.3, -0.25) is 14.9 Å². The summed E-state index contributed by atoms with van der Waals surface area (Å²) in [4.78, 5) is 24.3. The lowest BCUT2D eigenvalue weighted by Crippen LogP contribution is -2.40. The maximum absolute atomic E-state index is 12.2. The Kier molecular flexibility index (Phi) is 5.88. The van der Waals surface area contributed by atoms with Crippen LogP contribution in [-0.2, 0) is 0 Å². The number of nitrogens with one attached hydrogen (secondary N) is 3. The summed E-state index contributed by atoms with van der Waals surface area (Å²) in [5.74, 6) is -0.463. The fraction of sp³-hybridized carbons (Fsp3) is 0.211. The van der Waals surface area contributed by atoms with Gasteiger partial charge >= 0.3 is 0 Å². The van der Waals surface area contributed by atoms with E-state index in [0.717, 1.165) is 0 Å². The Morgan fingerprint density at radius 1 is 0.880 bits per heavy atom. The van der Waals surface area contributed by atoms with E-state index >= 15 is 0 Å². The lowest BCUT2D eigenvalue weighted by Gasteiger charge is -2.20. The lowest BCUT2D eigenvalue weighted by molar-refractivity contribution is 0.0918. The highest BCUT2D eigenvalue weighted by molar-refractivity contribution is 7.80. The standard InChI is InChI=1S/C19H21N3O2S/c1-19(2,3)22-17(24)14-10-7-11-15(12-14)20-18(25)21-16(23)13-8-5-4-6-9-13/h4-12H,1-3H3,(H,22,24)(H2,20,21,23,25). The van der Waals surface area contributed by atoms with Crippen LogP contribution in [0.2, 0.25) is 0 Å². The Morgan fingerprint density at radius 2 is 1.52 bits per heavy atom. The van der Waals surface area contributed by atoms with Crippen LogP contribution in [0.3, 0.4) is 0 Å². The van der Waals surface area contributed by atoms with E-state index < -0.39 is 0 Å². The number of anilines is 1. The first-order valence-corrected chi connectivity index (χ1v) is 8.25. The van der Waals surface area contributed by atoms with Crippen molar-refractivity contribution >= 4 is 34.8 Å². The van der Waals surface area contributed by atoms with Gasteiger partial charge in [-0.2, -0.15) is 0 Å². The van der Waals surface area contributed by atoms with E-state index in [9.17, 15) is 9.59 Å². The largest absolute Gasteiger partial charge is 0.347 e. The highest BCUT2D eigenvalue weighted by Crippen LogP contribution is 2.12. The molecule has 0 saturated heterocycles. The van der Waals surface area contributed by atoms with E-state index in [0.29, 0.717) is 16.8 Å². The van der Waals surface area contributed by atoms with E-state index in [4.69, 9.17) is 12.2 Å². The molecule has 0 aliphatic carbocycles. The van der Waals surface area contributed by atoms with Crippen LogP contribution in [-0.4, -0.2) is 22.5 Å². The van der Waals surface area contributed by atoms with Gasteiger partial charge in [0.1, 0.15) is 0 Å². The summed E-state index contributed by atoms with van der Waals surface area (Å²) in [6, 6.07) is 15.7. The number of carbonyl (C=O) groups excluding carboxylic acids is 2. The van der Waals surface area contributed by atoms with Crippen LogP contribution in [0.25, 0.3) is 0 Å². The average Bonchev–Trinajstić information content (AvgIpc) is 2.54. The van der Waals surface area contributed by atoms with Crippen LogP contribution < -0.4 is 16.0 Å². The fourth-order valence-corrected chi connectivity index (χ4v) is 2.29. The van der Waals surface area contributed by atoms with Gasteiger partial charge in [0, 0.05) is 22.4 Å². The van der Waals surface area contributed by atoms with Crippen LogP contribution in [0.4, 0.5) is 5.69 Å². The number of hydrogen-bond donors (Lipinski definition) is 3. The highest BCUT2D eigenvalue weighted by atomic mass is 32.1. The predicted octanol–water partition coefficient (Wildman–Crippen LogP) is 3.34. The molecule has 0 heterocycles. The Labute approximate surface area is 152 Å².